The Labute approximate surface area is 423 Å². The second-order valence-electron chi connectivity index (χ2n) is 19.0. The number of nitrogens with zero attached hydrogens (tertiary/aromatic N) is 2. The topological polar surface area (TPSA) is 343 Å². The van der Waals surface area contributed by atoms with Crippen LogP contribution in [0.4, 0.5) is 5.82 Å². The summed E-state index contributed by atoms with van der Waals surface area (Å²) in [5.74, 6) is -5.17. The Morgan fingerprint density at radius 3 is 2.03 bits per heavy atom. The zero-order chi connectivity index (χ0) is 53.1. The summed E-state index contributed by atoms with van der Waals surface area (Å²) in [7, 11) is -11.4. The number of unbranched alkanes of at least 4 members (excludes halogenated alkanes) is 14. The number of rotatable bonds is 22. The number of fused-ring (bicyclic) bond motifs is 3. The van der Waals surface area contributed by atoms with Crippen LogP contribution < -0.4 is 11.4 Å². The summed E-state index contributed by atoms with van der Waals surface area (Å²) >= 11 is 0. The number of carbonyl (C=O) groups is 3. The predicted octanol–water partition coefficient (Wildman–Crippen LogP) is 6.01. The molecule has 12 atom stereocenters. The van der Waals surface area contributed by atoms with Crippen LogP contribution in [-0.4, -0.2) is 125 Å². The molecule has 2 fully saturated rings. The van der Waals surface area contributed by atoms with Crippen LogP contribution in [0.5, 0.6) is 0 Å². The first-order valence-electron chi connectivity index (χ1n) is 25.9. The Morgan fingerprint density at radius 1 is 0.819 bits per heavy atom. The van der Waals surface area contributed by atoms with E-state index in [0.717, 1.165) is 55.7 Å². The van der Waals surface area contributed by atoms with Crippen LogP contribution in [0.2, 0.25) is 0 Å². The molecule has 0 aromatic carbocycles. The summed E-state index contributed by atoms with van der Waals surface area (Å²) in [5, 5.41) is 57.4. The molecule has 2 aliphatic heterocycles. The molecule has 3 heterocycles. The van der Waals surface area contributed by atoms with Gasteiger partial charge < -0.3 is 55.3 Å². The first-order chi connectivity index (χ1) is 34.3. The van der Waals surface area contributed by atoms with E-state index >= 15 is 0 Å². The number of cyclic esters (lactones) is 1. The molecule has 1 aromatic heterocycles. The standard InChI is InChI=1S/C48H83N3O19P2/c1-3-5-7-8-9-10-11-12-13-14-15-16-18-24-44(57)68-36-31-65-43(56)23-20-19-22-35(53)29-38-40(55)30-39(54)37(26-25-34(52)21-17-6-4-2)45(58)46(59)41(33-67-72(63,64)70-71(61,62)66-32-36)69-47(38)51-28-27-42(49)50-48(51)60/h25-28,34,36-41,45-47,52,54-55,58-59H,3-24,29-33H2,1-2H3,(H,61,62)(H,63,64)(H2,49,50,60)/b26-25+/t34-,36+,37-,38-,39+,40-,41+,45-,46+,47+/m0/s1. The highest BCUT2D eigenvalue weighted by Gasteiger charge is 2.45. The molecule has 72 heavy (non-hydrogen) atoms. The summed E-state index contributed by atoms with van der Waals surface area (Å²) in [6, 6.07) is 1.18. The quantitative estimate of drug-likeness (QED) is 0.0285. The maximum absolute atomic E-state index is 13.7. The number of ketones is 1. The lowest BCUT2D eigenvalue weighted by atomic mass is 9.82. The number of esters is 2. The first kappa shape index (κ1) is 63.3. The molecule has 414 valence electrons. The van der Waals surface area contributed by atoms with Crippen LogP contribution in [0.15, 0.2) is 29.2 Å². The second kappa shape index (κ2) is 33.9. The molecule has 24 heteroatoms. The van der Waals surface area contributed by atoms with Crippen molar-refractivity contribution in [1.29, 1.82) is 0 Å². The van der Waals surface area contributed by atoms with E-state index in [1.54, 1.807) is 0 Å². The SMILES string of the molecule is CCCCCCCCCCCCCCCC(=O)O[C@@H]1COC(=O)CCCCC(=O)C[C@@H]2[C@H](n3ccc(N)nc3=O)O[C@H](COP(=O)(O)OP(=O)(O)OC1)[C@@H](O)[C@@H](O)[C@@H](/C=C/[C@@H](O)CCCCC)[C@H](O)C[C@@H]2O. The normalized spacial score (nSPS) is 30.6. The van der Waals surface area contributed by atoms with E-state index in [-0.39, 0.29) is 37.9 Å². The first-order valence-corrected chi connectivity index (χ1v) is 28.9. The van der Waals surface area contributed by atoms with Gasteiger partial charge in [0.05, 0.1) is 37.6 Å². The second-order valence-corrected chi connectivity index (χ2v) is 22.0. The minimum atomic E-state index is -5.76. The van der Waals surface area contributed by atoms with Gasteiger partial charge in [-0.2, -0.15) is 9.29 Å². The molecule has 2 aliphatic rings. The molecule has 0 saturated carbocycles. The molecule has 22 nitrogen and oxygen atoms in total. The molecule has 1 aromatic rings. The zero-order valence-corrected chi connectivity index (χ0v) is 43.9. The van der Waals surface area contributed by atoms with Gasteiger partial charge in [0.25, 0.3) is 0 Å². The van der Waals surface area contributed by atoms with Crippen molar-refractivity contribution < 1.29 is 86.4 Å². The smallest absolute Gasteiger partial charge is 0.462 e. The number of Topliss-reactive ketones (excluding diaryl/α,β-unsaturated/α-hetero) is 1. The van der Waals surface area contributed by atoms with E-state index in [0.29, 0.717) is 19.3 Å². The minimum absolute atomic E-state index is 0.0216. The molecule has 2 saturated heterocycles. The lowest BCUT2D eigenvalue weighted by Gasteiger charge is -2.40. The van der Waals surface area contributed by atoms with Gasteiger partial charge in [-0.15, -0.1) is 0 Å². The highest BCUT2D eigenvalue weighted by Crippen LogP contribution is 2.60. The van der Waals surface area contributed by atoms with Crippen molar-refractivity contribution in [3.63, 3.8) is 0 Å². The number of hydrogen-bond donors (Lipinski definition) is 8. The Morgan fingerprint density at radius 2 is 1.40 bits per heavy atom. The molecule has 2 bridgehead atoms. The highest BCUT2D eigenvalue weighted by atomic mass is 31.3. The maximum Gasteiger partial charge on any atom is 0.481 e. The molecular formula is C48H83N3O19P2. The number of phosphoric ester groups is 2. The number of aliphatic hydroxyl groups excluding tert-OH is 5. The van der Waals surface area contributed by atoms with Crippen molar-refractivity contribution in [3.05, 3.63) is 34.9 Å². The largest absolute Gasteiger partial charge is 0.481 e. The summed E-state index contributed by atoms with van der Waals surface area (Å²) in [6.45, 7) is 1.30. The van der Waals surface area contributed by atoms with Gasteiger partial charge in [-0.25, -0.2) is 13.9 Å². The van der Waals surface area contributed by atoms with E-state index in [1.165, 1.54) is 63.2 Å². The van der Waals surface area contributed by atoms with Crippen molar-refractivity contribution >= 4 is 39.2 Å². The van der Waals surface area contributed by atoms with Crippen LogP contribution in [0.3, 0.4) is 0 Å². The minimum Gasteiger partial charge on any atom is -0.462 e. The average molecular weight is 1070 g/mol. The summed E-state index contributed by atoms with van der Waals surface area (Å²) in [5.41, 5.74) is 4.67. The number of ether oxygens (including phenoxy) is 3. The lowest BCUT2D eigenvalue weighted by molar-refractivity contribution is -0.196. The maximum atomic E-state index is 13.7. The van der Waals surface area contributed by atoms with E-state index < -0.39 is 133 Å². The van der Waals surface area contributed by atoms with Crippen molar-refractivity contribution in [2.45, 2.75) is 217 Å². The van der Waals surface area contributed by atoms with E-state index in [9.17, 15) is 63.6 Å². The van der Waals surface area contributed by atoms with Gasteiger partial charge in [-0.1, -0.05) is 122 Å². The number of aliphatic hydroxyl groups is 5. The molecular weight excluding hydrogens is 984 g/mol. The fraction of sp³-hybridized carbons (Fsp3) is 0.812. The third-order valence-electron chi connectivity index (χ3n) is 12.8. The van der Waals surface area contributed by atoms with Gasteiger partial charge in [0.15, 0.2) is 6.10 Å². The third kappa shape index (κ3) is 24.6. The Hall–Kier alpha value is -2.95. The van der Waals surface area contributed by atoms with Crippen LogP contribution in [0, 0.1) is 11.8 Å². The summed E-state index contributed by atoms with van der Waals surface area (Å²) in [6.07, 6.45) is 5.13. The number of nitrogen functional groups attached to an aromatic ring is 1. The number of phosphoric acid groups is 2. The van der Waals surface area contributed by atoms with E-state index in [4.69, 9.17) is 29.0 Å². The molecule has 0 amide bonds. The van der Waals surface area contributed by atoms with Crippen LogP contribution in [-0.2, 0) is 51.1 Å². The summed E-state index contributed by atoms with van der Waals surface area (Å²) in [4.78, 5) is 77.9. The van der Waals surface area contributed by atoms with Gasteiger partial charge >= 0.3 is 33.3 Å². The van der Waals surface area contributed by atoms with Gasteiger partial charge in [-0.05, 0) is 31.7 Å². The van der Waals surface area contributed by atoms with Gasteiger partial charge in [0, 0.05) is 50.1 Å². The van der Waals surface area contributed by atoms with Gasteiger partial charge in [0.2, 0.25) is 0 Å². The van der Waals surface area contributed by atoms with Crippen LogP contribution >= 0.6 is 15.6 Å². The van der Waals surface area contributed by atoms with Crippen molar-refractivity contribution in [2.24, 2.45) is 11.8 Å². The van der Waals surface area contributed by atoms with Crippen molar-refractivity contribution in [2.75, 3.05) is 25.6 Å². The highest BCUT2D eigenvalue weighted by molar-refractivity contribution is 7.61. The molecule has 2 unspecified atom stereocenters. The molecule has 3 rings (SSSR count). The molecule has 0 radical (unpaired) electrons. The Kier molecular flexibility index (Phi) is 29.8. The summed E-state index contributed by atoms with van der Waals surface area (Å²) < 4.78 is 58.7. The number of aromatic nitrogens is 2. The number of carbonyl (C=O) groups excluding carboxylic acids is 3. The van der Waals surface area contributed by atoms with Crippen molar-refractivity contribution in [3.8, 4) is 0 Å². The monoisotopic (exact) mass is 1070 g/mol. The van der Waals surface area contributed by atoms with Crippen molar-refractivity contribution in [1.82, 2.24) is 9.55 Å². The Balaban J connectivity index is 1.86. The molecule has 0 spiro atoms. The van der Waals surface area contributed by atoms with E-state index in [1.807, 2.05) is 6.92 Å². The molecule has 9 N–H and O–H groups in total. The van der Waals surface area contributed by atoms with Crippen LogP contribution in [0.1, 0.15) is 174 Å². The predicted molar refractivity (Wildman–Crippen MR) is 264 cm³/mol. The zero-order valence-electron chi connectivity index (χ0n) is 42.1. The van der Waals surface area contributed by atoms with E-state index in [2.05, 4.69) is 16.2 Å². The lowest BCUT2D eigenvalue weighted by Crippen LogP contribution is -2.52. The fourth-order valence-corrected chi connectivity index (χ4v) is 10.8. The van der Waals surface area contributed by atoms with Gasteiger partial charge in [-0.3, -0.25) is 28.0 Å². The third-order valence-corrected chi connectivity index (χ3v) is 15.4. The number of nitrogens with two attached hydrogens (primary N) is 1. The Bertz CT molecular complexity index is 1940. The van der Waals surface area contributed by atoms with Crippen LogP contribution in [0.25, 0.3) is 0 Å². The fourth-order valence-electron chi connectivity index (χ4n) is 8.65. The average Bonchev–Trinajstić information content (AvgIpc) is 3.31. The number of anilines is 1. The molecule has 0 aliphatic carbocycles. The number of hydrogen-bond acceptors (Lipinski definition) is 19. The van der Waals surface area contributed by atoms with Gasteiger partial charge in [0.1, 0.15) is 36.6 Å².